The van der Waals surface area contributed by atoms with Crippen molar-refractivity contribution in [2.24, 2.45) is 5.92 Å². The monoisotopic (exact) mass is 269 g/mol. The number of hydrogen-bond donors (Lipinski definition) is 1. The quantitative estimate of drug-likeness (QED) is 0.583. The van der Waals surface area contributed by atoms with Gasteiger partial charge in [-0.15, -0.1) is 0 Å². The average Bonchev–Trinajstić information content (AvgIpc) is 2.36. The molecule has 0 aromatic heterocycles. The van der Waals surface area contributed by atoms with Gasteiger partial charge in [-0.05, 0) is 36.6 Å². The van der Waals surface area contributed by atoms with E-state index in [2.05, 4.69) is 5.48 Å². The van der Waals surface area contributed by atoms with Gasteiger partial charge in [0.15, 0.2) is 0 Å². The fourth-order valence-corrected chi connectivity index (χ4v) is 1.29. The predicted octanol–water partition coefficient (Wildman–Crippen LogP) is 2.69. The minimum atomic E-state index is -0.297. The van der Waals surface area contributed by atoms with Crippen molar-refractivity contribution in [3.63, 3.8) is 0 Å². The van der Waals surface area contributed by atoms with E-state index in [0.717, 1.165) is 0 Å². The number of hydroxylamine groups is 1. The second kappa shape index (κ2) is 8.48. The Bertz CT molecular complexity index is 379. The zero-order chi connectivity index (χ0) is 14.1. The third-order valence-corrected chi connectivity index (χ3v) is 2.23. The van der Waals surface area contributed by atoms with E-state index in [1.54, 1.807) is 12.1 Å². The molecule has 1 amide bonds. The number of benzene rings is 1. The highest BCUT2D eigenvalue weighted by Crippen LogP contribution is 2.11. The number of ether oxygens (including phenoxy) is 1. The Balaban J connectivity index is 2.07. The van der Waals surface area contributed by atoms with E-state index in [0.29, 0.717) is 37.7 Å². The Kier molecular flexibility index (Phi) is 6.89. The summed E-state index contributed by atoms with van der Waals surface area (Å²) < 4.78 is 18.0. The summed E-state index contributed by atoms with van der Waals surface area (Å²) in [5, 5.41) is 0. The smallest absolute Gasteiger partial charge is 0.243 e. The van der Waals surface area contributed by atoms with E-state index in [1.165, 1.54) is 12.1 Å². The first-order valence-electron chi connectivity index (χ1n) is 6.37. The van der Waals surface area contributed by atoms with E-state index >= 15 is 0 Å². The number of nitrogens with one attached hydrogen (secondary N) is 1. The van der Waals surface area contributed by atoms with Gasteiger partial charge in [0.25, 0.3) is 0 Å². The molecule has 0 saturated carbocycles. The van der Waals surface area contributed by atoms with Crippen LogP contribution in [0.4, 0.5) is 4.39 Å². The van der Waals surface area contributed by atoms with Gasteiger partial charge < -0.3 is 4.74 Å². The van der Waals surface area contributed by atoms with Crippen molar-refractivity contribution in [1.82, 2.24) is 5.48 Å². The Morgan fingerprint density at radius 1 is 1.32 bits per heavy atom. The number of hydrogen-bond acceptors (Lipinski definition) is 3. The lowest BCUT2D eigenvalue weighted by Crippen LogP contribution is -2.25. The first-order valence-corrected chi connectivity index (χ1v) is 6.37. The Labute approximate surface area is 112 Å². The molecule has 1 aromatic carbocycles. The highest BCUT2D eigenvalue weighted by molar-refractivity contribution is 5.74. The molecule has 0 radical (unpaired) electrons. The van der Waals surface area contributed by atoms with Crippen LogP contribution in [0.5, 0.6) is 5.75 Å². The molecule has 1 rings (SSSR count). The first-order chi connectivity index (χ1) is 9.08. The van der Waals surface area contributed by atoms with Crippen LogP contribution in [-0.4, -0.2) is 19.1 Å². The van der Waals surface area contributed by atoms with Crippen molar-refractivity contribution in [1.29, 1.82) is 0 Å². The molecule has 0 fully saturated rings. The average molecular weight is 269 g/mol. The van der Waals surface area contributed by atoms with Crippen molar-refractivity contribution in [2.45, 2.75) is 26.7 Å². The van der Waals surface area contributed by atoms with Gasteiger partial charge in [0, 0.05) is 6.42 Å². The molecule has 0 aliphatic carbocycles. The molecule has 0 spiro atoms. The number of carbonyl (C=O) groups excluding carboxylic acids is 1. The first kappa shape index (κ1) is 15.4. The van der Waals surface area contributed by atoms with Gasteiger partial charge in [0.1, 0.15) is 11.6 Å². The van der Waals surface area contributed by atoms with Gasteiger partial charge in [0.05, 0.1) is 13.2 Å². The van der Waals surface area contributed by atoms with Crippen molar-refractivity contribution in [3.8, 4) is 5.75 Å². The van der Waals surface area contributed by atoms with Crippen LogP contribution in [-0.2, 0) is 9.63 Å². The normalized spacial score (nSPS) is 10.5. The molecule has 0 heterocycles. The third kappa shape index (κ3) is 7.41. The Hall–Kier alpha value is -1.62. The number of rotatable bonds is 8. The van der Waals surface area contributed by atoms with Crippen LogP contribution in [0.15, 0.2) is 24.3 Å². The Morgan fingerprint density at radius 3 is 2.63 bits per heavy atom. The summed E-state index contributed by atoms with van der Waals surface area (Å²) in [4.78, 5) is 16.3. The molecule has 106 valence electrons. The molecular formula is C14H20FNO3. The van der Waals surface area contributed by atoms with Gasteiger partial charge in [-0.1, -0.05) is 13.8 Å². The molecule has 0 unspecified atom stereocenters. The summed E-state index contributed by atoms with van der Waals surface area (Å²) in [6.45, 7) is 4.91. The maximum atomic E-state index is 12.6. The topological polar surface area (TPSA) is 47.6 Å². The maximum absolute atomic E-state index is 12.6. The van der Waals surface area contributed by atoms with E-state index in [9.17, 15) is 9.18 Å². The highest BCUT2D eigenvalue weighted by atomic mass is 19.1. The number of carbonyl (C=O) groups is 1. The van der Waals surface area contributed by atoms with Gasteiger partial charge in [-0.3, -0.25) is 9.63 Å². The molecular weight excluding hydrogens is 249 g/mol. The summed E-state index contributed by atoms with van der Waals surface area (Å²) in [5.41, 5.74) is 2.38. The molecule has 1 N–H and O–H groups in total. The van der Waals surface area contributed by atoms with Crippen LogP contribution in [0, 0.1) is 11.7 Å². The number of halogens is 1. The van der Waals surface area contributed by atoms with Crippen LogP contribution in [0.3, 0.4) is 0 Å². The lowest BCUT2D eigenvalue weighted by atomic mass is 10.2. The third-order valence-electron chi connectivity index (χ3n) is 2.23. The van der Waals surface area contributed by atoms with E-state index < -0.39 is 0 Å². The van der Waals surface area contributed by atoms with Gasteiger partial charge >= 0.3 is 0 Å². The fraction of sp³-hybridized carbons (Fsp3) is 0.500. The molecule has 0 aliphatic rings. The van der Waals surface area contributed by atoms with Crippen molar-refractivity contribution >= 4 is 5.91 Å². The molecule has 0 aliphatic heterocycles. The lowest BCUT2D eigenvalue weighted by Gasteiger charge is -2.08. The van der Waals surface area contributed by atoms with Crippen LogP contribution in [0.1, 0.15) is 26.7 Å². The van der Waals surface area contributed by atoms with Crippen LogP contribution in [0.25, 0.3) is 0 Å². The van der Waals surface area contributed by atoms with E-state index in [-0.39, 0.29) is 11.7 Å². The molecule has 1 aromatic rings. The lowest BCUT2D eigenvalue weighted by molar-refractivity contribution is -0.134. The molecule has 0 bridgehead atoms. The standard InChI is InChI=1S/C14H20FNO3/c1-11(2)10-19-16-14(17)4-3-9-18-13-7-5-12(15)6-8-13/h5-8,11H,3-4,9-10H2,1-2H3,(H,16,17). The van der Waals surface area contributed by atoms with Gasteiger partial charge in [-0.25, -0.2) is 9.87 Å². The summed E-state index contributed by atoms with van der Waals surface area (Å²) in [6.07, 6.45) is 0.910. The van der Waals surface area contributed by atoms with Crippen molar-refractivity contribution in [3.05, 3.63) is 30.1 Å². The molecule has 19 heavy (non-hydrogen) atoms. The van der Waals surface area contributed by atoms with Crippen LogP contribution >= 0.6 is 0 Å². The Morgan fingerprint density at radius 2 is 2.00 bits per heavy atom. The minimum Gasteiger partial charge on any atom is -0.494 e. The molecule has 0 atom stereocenters. The highest BCUT2D eigenvalue weighted by Gasteiger charge is 2.02. The van der Waals surface area contributed by atoms with Crippen molar-refractivity contribution in [2.75, 3.05) is 13.2 Å². The largest absolute Gasteiger partial charge is 0.494 e. The van der Waals surface area contributed by atoms with Crippen LogP contribution in [0.2, 0.25) is 0 Å². The SMILES string of the molecule is CC(C)CONC(=O)CCCOc1ccc(F)cc1. The van der Waals surface area contributed by atoms with E-state index in [4.69, 9.17) is 9.57 Å². The summed E-state index contributed by atoms with van der Waals surface area (Å²) in [7, 11) is 0. The van der Waals surface area contributed by atoms with E-state index in [1.807, 2.05) is 13.8 Å². The summed E-state index contributed by atoms with van der Waals surface area (Å²) in [5.74, 6) is 0.511. The predicted molar refractivity (Wildman–Crippen MR) is 70.1 cm³/mol. The minimum absolute atomic E-state index is 0.164. The second-order valence-corrected chi connectivity index (χ2v) is 4.64. The summed E-state index contributed by atoms with van der Waals surface area (Å²) >= 11 is 0. The second-order valence-electron chi connectivity index (χ2n) is 4.64. The van der Waals surface area contributed by atoms with Crippen LogP contribution < -0.4 is 10.2 Å². The molecule has 0 saturated heterocycles. The number of amides is 1. The molecule has 4 nitrogen and oxygen atoms in total. The summed E-state index contributed by atoms with van der Waals surface area (Å²) in [6, 6.07) is 5.78. The zero-order valence-electron chi connectivity index (χ0n) is 11.3. The zero-order valence-corrected chi connectivity index (χ0v) is 11.3. The fourth-order valence-electron chi connectivity index (χ4n) is 1.29. The van der Waals surface area contributed by atoms with Gasteiger partial charge in [-0.2, -0.15) is 0 Å². The van der Waals surface area contributed by atoms with Crippen molar-refractivity contribution < 1.29 is 18.8 Å². The van der Waals surface area contributed by atoms with Gasteiger partial charge in [0.2, 0.25) is 5.91 Å². The maximum Gasteiger partial charge on any atom is 0.243 e. The molecule has 5 heteroatoms.